The van der Waals surface area contributed by atoms with Crippen molar-refractivity contribution in [3.8, 4) is 0 Å². The molecule has 2 saturated heterocycles. The SMILES string of the molecule is O=C(NCC1CCN(Cc2ccccc2Cl)CC1)[C@@H]1C[C@@H](O)CN1. The highest BCUT2D eigenvalue weighted by molar-refractivity contribution is 6.31. The Balaban J connectivity index is 1.38. The summed E-state index contributed by atoms with van der Waals surface area (Å²) in [7, 11) is 0. The van der Waals surface area contributed by atoms with Gasteiger partial charge < -0.3 is 15.7 Å². The van der Waals surface area contributed by atoms with Crippen molar-refractivity contribution in [2.45, 2.75) is 38.0 Å². The number of carbonyl (C=O) groups excluding carboxylic acids is 1. The number of rotatable bonds is 5. The van der Waals surface area contributed by atoms with Crippen LogP contribution in [-0.4, -0.2) is 54.2 Å². The quantitative estimate of drug-likeness (QED) is 0.750. The topological polar surface area (TPSA) is 64.6 Å². The summed E-state index contributed by atoms with van der Waals surface area (Å²) in [6.45, 7) is 4.20. The summed E-state index contributed by atoms with van der Waals surface area (Å²) in [5.41, 5.74) is 1.18. The second kappa shape index (κ2) is 8.30. The van der Waals surface area contributed by atoms with E-state index in [-0.39, 0.29) is 11.9 Å². The van der Waals surface area contributed by atoms with Crippen LogP contribution in [0.2, 0.25) is 5.02 Å². The molecule has 6 heteroatoms. The van der Waals surface area contributed by atoms with E-state index in [0.29, 0.717) is 18.9 Å². The number of amides is 1. The summed E-state index contributed by atoms with van der Waals surface area (Å²) >= 11 is 6.23. The molecule has 132 valence electrons. The van der Waals surface area contributed by atoms with Crippen LogP contribution in [0, 0.1) is 5.92 Å². The molecule has 2 aliphatic rings. The Morgan fingerprint density at radius 1 is 1.33 bits per heavy atom. The molecule has 3 rings (SSSR count). The highest BCUT2D eigenvalue weighted by Gasteiger charge is 2.28. The number of carbonyl (C=O) groups is 1. The maximum atomic E-state index is 12.1. The molecule has 0 bridgehead atoms. The molecule has 0 saturated carbocycles. The number of likely N-dealkylation sites (tertiary alicyclic amines) is 1. The maximum absolute atomic E-state index is 12.1. The fourth-order valence-electron chi connectivity index (χ4n) is 3.50. The Kier molecular flexibility index (Phi) is 6.11. The smallest absolute Gasteiger partial charge is 0.237 e. The molecular weight excluding hydrogens is 326 g/mol. The summed E-state index contributed by atoms with van der Waals surface area (Å²) in [6.07, 6.45) is 2.30. The fourth-order valence-corrected chi connectivity index (χ4v) is 3.70. The first kappa shape index (κ1) is 17.7. The summed E-state index contributed by atoms with van der Waals surface area (Å²) in [5.74, 6) is 0.549. The van der Waals surface area contributed by atoms with E-state index < -0.39 is 6.10 Å². The van der Waals surface area contributed by atoms with Crippen molar-refractivity contribution < 1.29 is 9.90 Å². The second-order valence-electron chi connectivity index (χ2n) is 6.91. The predicted molar refractivity (Wildman–Crippen MR) is 94.9 cm³/mol. The Labute approximate surface area is 148 Å². The number of β-amino-alcohol motifs (C(OH)–C–C–N with tert-alkyl or cyclic N) is 1. The van der Waals surface area contributed by atoms with E-state index in [1.54, 1.807) is 0 Å². The van der Waals surface area contributed by atoms with Crippen molar-refractivity contribution in [2.24, 2.45) is 5.92 Å². The van der Waals surface area contributed by atoms with Crippen molar-refractivity contribution in [1.29, 1.82) is 0 Å². The summed E-state index contributed by atoms with van der Waals surface area (Å²) in [4.78, 5) is 14.5. The average molecular weight is 352 g/mol. The number of piperidine rings is 1. The van der Waals surface area contributed by atoms with E-state index in [1.807, 2.05) is 18.2 Å². The molecule has 0 radical (unpaired) electrons. The third-order valence-corrected chi connectivity index (χ3v) is 5.42. The van der Waals surface area contributed by atoms with Crippen LogP contribution in [0.5, 0.6) is 0 Å². The van der Waals surface area contributed by atoms with Crippen LogP contribution in [0.3, 0.4) is 0 Å². The molecule has 2 aliphatic heterocycles. The van der Waals surface area contributed by atoms with Gasteiger partial charge in [-0.05, 0) is 49.9 Å². The lowest BCUT2D eigenvalue weighted by atomic mass is 9.96. The van der Waals surface area contributed by atoms with Crippen molar-refractivity contribution in [3.63, 3.8) is 0 Å². The van der Waals surface area contributed by atoms with Crippen molar-refractivity contribution in [1.82, 2.24) is 15.5 Å². The van der Waals surface area contributed by atoms with E-state index in [2.05, 4.69) is 21.6 Å². The van der Waals surface area contributed by atoms with E-state index in [4.69, 9.17) is 11.6 Å². The predicted octanol–water partition coefficient (Wildman–Crippen LogP) is 1.39. The van der Waals surface area contributed by atoms with E-state index in [1.165, 1.54) is 5.56 Å². The number of hydrogen-bond donors (Lipinski definition) is 3. The normalized spacial score (nSPS) is 25.8. The molecule has 1 aromatic carbocycles. The van der Waals surface area contributed by atoms with Gasteiger partial charge in [-0.15, -0.1) is 0 Å². The highest BCUT2D eigenvalue weighted by atomic mass is 35.5. The third kappa shape index (κ3) is 4.70. The lowest BCUT2D eigenvalue weighted by Crippen LogP contribution is -2.44. The molecule has 1 amide bonds. The number of halogens is 1. The minimum Gasteiger partial charge on any atom is -0.392 e. The van der Waals surface area contributed by atoms with Crippen LogP contribution in [0.15, 0.2) is 24.3 Å². The largest absolute Gasteiger partial charge is 0.392 e. The molecule has 2 heterocycles. The standard InChI is InChI=1S/C18H26ClN3O2/c19-16-4-2-1-3-14(16)12-22-7-5-13(6-8-22)10-21-18(24)17-9-15(23)11-20-17/h1-4,13,15,17,20,23H,5-12H2,(H,21,24)/t15-,17+/m1/s1. The van der Waals surface area contributed by atoms with Gasteiger partial charge in [-0.1, -0.05) is 29.8 Å². The molecule has 5 nitrogen and oxygen atoms in total. The number of nitrogens with one attached hydrogen (secondary N) is 2. The Hall–Kier alpha value is -1.14. The van der Waals surface area contributed by atoms with Crippen molar-refractivity contribution in [3.05, 3.63) is 34.9 Å². The van der Waals surface area contributed by atoms with Gasteiger partial charge in [0.2, 0.25) is 5.91 Å². The molecule has 2 fully saturated rings. The number of aliphatic hydroxyl groups excluding tert-OH is 1. The molecule has 0 aliphatic carbocycles. The van der Waals surface area contributed by atoms with Gasteiger partial charge in [0.15, 0.2) is 0 Å². The van der Waals surface area contributed by atoms with Gasteiger partial charge in [-0.3, -0.25) is 9.69 Å². The monoisotopic (exact) mass is 351 g/mol. The van der Waals surface area contributed by atoms with Gasteiger partial charge in [0.25, 0.3) is 0 Å². The molecule has 3 N–H and O–H groups in total. The first-order chi connectivity index (χ1) is 11.6. The molecule has 2 atom stereocenters. The number of hydrogen-bond acceptors (Lipinski definition) is 4. The minimum absolute atomic E-state index is 0.0186. The van der Waals surface area contributed by atoms with E-state index in [9.17, 15) is 9.90 Å². The lowest BCUT2D eigenvalue weighted by molar-refractivity contribution is -0.123. The summed E-state index contributed by atoms with van der Waals surface area (Å²) in [5, 5.41) is 16.4. The average Bonchev–Trinajstić information content (AvgIpc) is 3.03. The first-order valence-corrected chi connectivity index (χ1v) is 9.14. The van der Waals surface area contributed by atoms with Gasteiger partial charge in [0, 0.05) is 24.7 Å². The van der Waals surface area contributed by atoms with Gasteiger partial charge in [0.05, 0.1) is 12.1 Å². The molecular formula is C18H26ClN3O2. The molecule has 0 unspecified atom stereocenters. The van der Waals surface area contributed by atoms with Gasteiger partial charge >= 0.3 is 0 Å². The molecule has 1 aromatic rings. The summed E-state index contributed by atoms with van der Waals surface area (Å²) < 4.78 is 0. The number of nitrogens with zero attached hydrogens (tertiary/aromatic N) is 1. The van der Waals surface area contributed by atoms with Crippen LogP contribution < -0.4 is 10.6 Å². The highest BCUT2D eigenvalue weighted by Crippen LogP contribution is 2.22. The van der Waals surface area contributed by atoms with Crippen molar-refractivity contribution in [2.75, 3.05) is 26.2 Å². The molecule has 0 spiro atoms. The fraction of sp³-hybridized carbons (Fsp3) is 0.611. The molecule has 24 heavy (non-hydrogen) atoms. The van der Waals surface area contributed by atoms with Crippen LogP contribution in [0.25, 0.3) is 0 Å². The third-order valence-electron chi connectivity index (χ3n) is 5.05. The first-order valence-electron chi connectivity index (χ1n) is 8.76. The van der Waals surface area contributed by atoms with Gasteiger partial charge in [0.1, 0.15) is 0 Å². The zero-order valence-corrected chi connectivity index (χ0v) is 14.6. The Morgan fingerprint density at radius 2 is 2.08 bits per heavy atom. The van der Waals surface area contributed by atoms with Crippen LogP contribution >= 0.6 is 11.6 Å². The molecule has 0 aromatic heterocycles. The lowest BCUT2D eigenvalue weighted by Gasteiger charge is -2.32. The number of aliphatic hydroxyl groups is 1. The Morgan fingerprint density at radius 3 is 2.75 bits per heavy atom. The zero-order valence-electron chi connectivity index (χ0n) is 13.9. The van der Waals surface area contributed by atoms with Crippen molar-refractivity contribution >= 4 is 17.5 Å². The maximum Gasteiger partial charge on any atom is 0.237 e. The van der Waals surface area contributed by atoms with Crippen LogP contribution in [0.1, 0.15) is 24.8 Å². The number of benzene rings is 1. The second-order valence-corrected chi connectivity index (χ2v) is 7.31. The van der Waals surface area contributed by atoms with Crippen LogP contribution in [-0.2, 0) is 11.3 Å². The minimum atomic E-state index is -0.395. The van der Waals surface area contributed by atoms with E-state index >= 15 is 0 Å². The van der Waals surface area contributed by atoms with Crippen LogP contribution in [0.4, 0.5) is 0 Å². The van der Waals surface area contributed by atoms with Gasteiger partial charge in [-0.2, -0.15) is 0 Å². The zero-order chi connectivity index (χ0) is 16.9. The summed E-state index contributed by atoms with van der Waals surface area (Å²) in [6, 6.07) is 7.77. The van der Waals surface area contributed by atoms with E-state index in [0.717, 1.165) is 44.0 Å². The van der Waals surface area contributed by atoms with Gasteiger partial charge in [-0.25, -0.2) is 0 Å². The Bertz CT molecular complexity index is 561.